The Morgan fingerprint density at radius 3 is 2.46 bits per heavy atom. The van der Waals surface area contributed by atoms with Gasteiger partial charge >= 0.3 is 0 Å². The number of rotatable bonds is 6. The number of benzene rings is 3. The van der Waals surface area contributed by atoms with Crippen molar-refractivity contribution in [1.29, 1.82) is 0 Å². The molecular formula is C23H25NO2. The van der Waals surface area contributed by atoms with E-state index < -0.39 is 0 Å². The van der Waals surface area contributed by atoms with Crippen LogP contribution >= 0.6 is 0 Å². The SMILES string of the molecule is CC[C@@H](NC(=O)COc1ccc2ccccc2c1)c1ccc(C)c(C)c1. The van der Waals surface area contributed by atoms with Gasteiger partial charge in [0, 0.05) is 0 Å². The van der Waals surface area contributed by atoms with Crippen LogP contribution in [0.5, 0.6) is 5.75 Å². The van der Waals surface area contributed by atoms with Gasteiger partial charge < -0.3 is 10.1 Å². The third-order valence-corrected chi connectivity index (χ3v) is 4.77. The highest BCUT2D eigenvalue weighted by atomic mass is 16.5. The molecule has 0 radical (unpaired) electrons. The van der Waals surface area contributed by atoms with Crippen LogP contribution in [-0.4, -0.2) is 12.5 Å². The summed E-state index contributed by atoms with van der Waals surface area (Å²) >= 11 is 0. The zero-order chi connectivity index (χ0) is 18.5. The minimum Gasteiger partial charge on any atom is -0.484 e. The molecule has 26 heavy (non-hydrogen) atoms. The molecule has 3 nitrogen and oxygen atoms in total. The van der Waals surface area contributed by atoms with Crippen LogP contribution in [0.25, 0.3) is 10.8 Å². The lowest BCUT2D eigenvalue weighted by Crippen LogP contribution is -2.32. The first kappa shape index (κ1) is 18.0. The molecule has 134 valence electrons. The molecule has 3 aromatic carbocycles. The van der Waals surface area contributed by atoms with Crippen molar-refractivity contribution in [2.45, 2.75) is 33.2 Å². The molecule has 0 spiro atoms. The largest absolute Gasteiger partial charge is 0.484 e. The van der Waals surface area contributed by atoms with Gasteiger partial charge in [0.15, 0.2) is 6.61 Å². The summed E-state index contributed by atoms with van der Waals surface area (Å²) in [5.41, 5.74) is 3.63. The highest BCUT2D eigenvalue weighted by Gasteiger charge is 2.14. The van der Waals surface area contributed by atoms with E-state index in [0.29, 0.717) is 5.75 Å². The number of amides is 1. The van der Waals surface area contributed by atoms with Gasteiger partial charge in [-0.3, -0.25) is 4.79 Å². The molecule has 3 aromatic rings. The van der Waals surface area contributed by atoms with Gasteiger partial charge in [0.2, 0.25) is 0 Å². The minimum absolute atomic E-state index is 0.00186. The van der Waals surface area contributed by atoms with E-state index in [1.807, 2.05) is 36.4 Å². The van der Waals surface area contributed by atoms with E-state index in [1.165, 1.54) is 11.1 Å². The van der Waals surface area contributed by atoms with Crippen molar-refractivity contribution in [2.24, 2.45) is 0 Å². The average Bonchev–Trinajstić information content (AvgIpc) is 2.66. The Labute approximate surface area is 155 Å². The molecule has 1 atom stereocenters. The monoisotopic (exact) mass is 347 g/mol. The molecule has 0 aliphatic heterocycles. The first-order chi connectivity index (χ1) is 12.6. The van der Waals surface area contributed by atoms with Crippen LogP contribution in [0.4, 0.5) is 0 Å². The molecule has 0 saturated carbocycles. The lowest BCUT2D eigenvalue weighted by molar-refractivity contribution is -0.123. The minimum atomic E-state index is -0.108. The Bertz CT molecular complexity index is 917. The molecule has 0 heterocycles. The number of aryl methyl sites for hydroxylation is 2. The van der Waals surface area contributed by atoms with E-state index in [0.717, 1.165) is 22.8 Å². The fourth-order valence-corrected chi connectivity index (χ4v) is 3.04. The maximum atomic E-state index is 12.3. The topological polar surface area (TPSA) is 38.3 Å². The summed E-state index contributed by atoms with van der Waals surface area (Å²) in [4.78, 5) is 12.3. The summed E-state index contributed by atoms with van der Waals surface area (Å²) in [5, 5.41) is 5.33. The molecule has 0 fully saturated rings. The first-order valence-corrected chi connectivity index (χ1v) is 9.05. The third-order valence-electron chi connectivity index (χ3n) is 4.77. The molecule has 0 aliphatic carbocycles. The average molecular weight is 347 g/mol. The second-order valence-corrected chi connectivity index (χ2v) is 6.67. The van der Waals surface area contributed by atoms with Crippen molar-refractivity contribution in [3.05, 3.63) is 77.4 Å². The van der Waals surface area contributed by atoms with Crippen LogP contribution in [0.15, 0.2) is 60.7 Å². The van der Waals surface area contributed by atoms with Crippen molar-refractivity contribution in [1.82, 2.24) is 5.32 Å². The zero-order valence-electron chi connectivity index (χ0n) is 15.6. The maximum Gasteiger partial charge on any atom is 0.258 e. The van der Waals surface area contributed by atoms with E-state index in [2.05, 4.69) is 50.4 Å². The van der Waals surface area contributed by atoms with Gasteiger partial charge in [0.1, 0.15) is 5.75 Å². The molecule has 3 rings (SSSR count). The summed E-state index contributed by atoms with van der Waals surface area (Å²) in [6.07, 6.45) is 0.838. The molecular weight excluding hydrogens is 322 g/mol. The predicted molar refractivity (Wildman–Crippen MR) is 107 cm³/mol. The van der Waals surface area contributed by atoms with Crippen molar-refractivity contribution in [2.75, 3.05) is 6.61 Å². The number of hydrogen-bond donors (Lipinski definition) is 1. The predicted octanol–water partition coefficient (Wildman–Crippen LogP) is 5.10. The van der Waals surface area contributed by atoms with Gasteiger partial charge in [0.05, 0.1) is 6.04 Å². The van der Waals surface area contributed by atoms with Crippen molar-refractivity contribution in [3.63, 3.8) is 0 Å². The van der Waals surface area contributed by atoms with Crippen molar-refractivity contribution < 1.29 is 9.53 Å². The Morgan fingerprint density at radius 1 is 0.962 bits per heavy atom. The molecule has 0 saturated heterocycles. The van der Waals surface area contributed by atoms with Crippen LogP contribution in [0.3, 0.4) is 0 Å². The Morgan fingerprint density at radius 2 is 1.73 bits per heavy atom. The Kier molecular flexibility index (Phi) is 5.57. The zero-order valence-corrected chi connectivity index (χ0v) is 15.6. The number of carbonyl (C=O) groups excluding carboxylic acids is 1. The molecule has 0 aromatic heterocycles. The van der Waals surface area contributed by atoms with E-state index in [4.69, 9.17) is 4.74 Å². The van der Waals surface area contributed by atoms with Gasteiger partial charge in [-0.2, -0.15) is 0 Å². The molecule has 0 bridgehead atoms. The fourth-order valence-electron chi connectivity index (χ4n) is 3.04. The lowest BCUT2D eigenvalue weighted by Gasteiger charge is -2.19. The van der Waals surface area contributed by atoms with Gasteiger partial charge in [-0.05, 0) is 59.9 Å². The van der Waals surface area contributed by atoms with Crippen LogP contribution in [-0.2, 0) is 4.79 Å². The van der Waals surface area contributed by atoms with Gasteiger partial charge in [-0.15, -0.1) is 0 Å². The third kappa shape index (κ3) is 4.23. The summed E-state index contributed by atoms with van der Waals surface area (Å²) in [7, 11) is 0. The number of nitrogens with one attached hydrogen (secondary N) is 1. The Hall–Kier alpha value is -2.81. The van der Waals surface area contributed by atoms with Crippen LogP contribution in [0.2, 0.25) is 0 Å². The fraction of sp³-hybridized carbons (Fsp3) is 0.261. The summed E-state index contributed by atoms with van der Waals surface area (Å²) in [6, 6.07) is 20.3. The number of ether oxygens (including phenoxy) is 1. The standard InChI is InChI=1S/C23H25NO2/c1-4-22(20-10-9-16(2)17(3)13-20)24-23(25)15-26-21-12-11-18-7-5-6-8-19(18)14-21/h5-14,22H,4,15H2,1-3H3,(H,24,25)/t22-/m1/s1. The van der Waals surface area contributed by atoms with Crippen LogP contribution in [0, 0.1) is 13.8 Å². The van der Waals surface area contributed by atoms with Crippen LogP contribution in [0.1, 0.15) is 36.1 Å². The smallest absolute Gasteiger partial charge is 0.258 e. The lowest BCUT2D eigenvalue weighted by atomic mass is 9.99. The Balaban J connectivity index is 1.62. The second kappa shape index (κ2) is 8.05. The highest BCUT2D eigenvalue weighted by molar-refractivity contribution is 5.84. The van der Waals surface area contributed by atoms with Gasteiger partial charge in [-0.1, -0.05) is 55.5 Å². The van der Waals surface area contributed by atoms with Gasteiger partial charge in [-0.25, -0.2) is 0 Å². The van der Waals surface area contributed by atoms with Crippen LogP contribution < -0.4 is 10.1 Å². The summed E-state index contributed by atoms with van der Waals surface area (Å²) < 4.78 is 5.69. The highest BCUT2D eigenvalue weighted by Crippen LogP contribution is 2.21. The number of fused-ring (bicyclic) bond motifs is 1. The molecule has 1 N–H and O–H groups in total. The van der Waals surface area contributed by atoms with E-state index in [1.54, 1.807) is 0 Å². The van der Waals surface area contributed by atoms with Crippen molar-refractivity contribution >= 4 is 16.7 Å². The quantitative estimate of drug-likeness (QED) is 0.673. The van der Waals surface area contributed by atoms with E-state index in [9.17, 15) is 4.79 Å². The molecule has 0 aliphatic rings. The molecule has 1 amide bonds. The molecule has 3 heteroatoms. The maximum absolute atomic E-state index is 12.3. The van der Waals surface area contributed by atoms with E-state index >= 15 is 0 Å². The summed E-state index contributed by atoms with van der Waals surface area (Å²) in [5.74, 6) is 0.598. The molecule has 0 unspecified atom stereocenters. The van der Waals surface area contributed by atoms with Crippen molar-refractivity contribution in [3.8, 4) is 5.75 Å². The first-order valence-electron chi connectivity index (χ1n) is 9.05. The van der Waals surface area contributed by atoms with Gasteiger partial charge in [0.25, 0.3) is 5.91 Å². The summed E-state index contributed by atoms with van der Waals surface area (Å²) in [6.45, 7) is 6.27. The second-order valence-electron chi connectivity index (χ2n) is 6.67. The van der Waals surface area contributed by atoms with E-state index in [-0.39, 0.29) is 18.6 Å². The number of carbonyl (C=O) groups is 1. The number of hydrogen-bond acceptors (Lipinski definition) is 2. The normalized spacial score (nSPS) is 12.0.